The maximum Gasteiger partial charge on any atom is 0.259 e. The van der Waals surface area contributed by atoms with Crippen molar-refractivity contribution in [3.8, 4) is 11.5 Å². The Morgan fingerprint density at radius 1 is 1.15 bits per heavy atom. The minimum atomic E-state index is -0.314. The average Bonchev–Trinajstić information content (AvgIpc) is 3.09. The molecule has 1 aromatic heterocycles. The lowest BCUT2D eigenvalue weighted by Gasteiger charge is -2.10. The Hall–Kier alpha value is -3.35. The summed E-state index contributed by atoms with van der Waals surface area (Å²) in [5.74, 6) is 0.424. The second kappa shape index (κ2) is 7.69. The van der Waals surface area contributed by atoms with Crippen LogP contribution < -0.4 is 14.8 Å². The maximum absolute atomic E-state index is 13.0. The van der Waals surface area contributed by atoms with Gasteiger partial charge in [0.2, 0.25) is 0 Å². The van der Waals surface area contributed by atoms with Crippen molar-refractivity contribution in [1.82, 2.24) is 9.78 Å². The molecule has 0 saturated heterocycles. The number of hydrogen-bond acceptors (Lipinski definition) is 4. The summed E-state index contributed by atoms with van der Waals surface area (Å²) in [6, 6.07) is 11.2. The molecule has 134 valence electrons. The SMILES string of the molecule is COc1ccc(C(=O)Nc2cnn(Cc3ccc(F)cc3)c2)c(OC)c1. The lowest BCUT2D eigenvalue weighted by Crippen LogP contribution is -2.13. The number of rotatable bonds is 6. The molecule has 0 aliphatic rings. The Morgan fingerprint density at radius 2 is 1.92 bits per heavy atom. The smallest absolute Gasteiger partial charge is 0.259 e. The number of nitrogens with zero attached hydrogens (tertiary/aromatic N) is 2. The molecule has 0 aliphatic carbocycles. The maximum atomic E-state index is 13.0. The quantitative estimate of drug-likeness (QED) is 0.736. The van der Waals surface area contributed by atoms with Crippen molar-refractivity contribution in [3.63, 3.8) is 0 Å². The molecule has 3 rings (SSSR count). The number of amides is 1. The van der Waals surface area contributed by atoms with Crippen molar-refractivity contribution in [2.75, 3.05) is 19.5 Å². The van der Waals surface area contributed by atoms with Crippen LogP contribution in [0.4, 0.5) is 10.1 Å². The van der Waals surface area contributed by atoms with Crippen molar-refractivity contribution in [2.24, 2.45) is 0 Å². The zero-order valence-electron chi connectivity index (χ0n) is 14.4. The summed E-state index contributed by atoms with van der Waals surface area (Å²) in [6.07, 6.45) is 3.26. The van der Waals surface area contributed by atoms with E-state index in [4.69, 9.17) is 9.47 Å². The third kappa shape index (κ3) is 4.00. The van der Waals surface area contributed by atoms with Gasteiger partial charge in [-0.15, -0.1) is 0 Å². The Balaban J connectivity index is 1.70. The highest BCUT2D eigenvalue weighted by Gasteiger charge is 2.14. The monoisotopic (exact) mass is 355 g/mol. The van der Waals surface area contributed by atoms with Gasteiger partial charge in [0.05, 0.1) is 38.2 Å². The normalized spacial score (nSPS) is 10.4. The van der Waals surface area contributed by atoms with Crippen LogP contribution in [0.5, 0.6) is 11.5 Å². The van der Waals surface area contributed by atoms with E-state index < -0.39 is 0 Å². The van der Waals surface area contributed by atoms with Crippen molar-refractivity contribution in [2.45, 2.75) is 6.54 Å². The van der Waals surface area contributed by atoms with Gasteiger partial charge in [0.25, 0.3) is 5.91 Å². The number of ether oxygens (including phenoxy) is 2. The van der Waals surface area contributed by atoms with E-state index in [1.165, 1.54) is 19.2 Å². The molecule has 0 bridgehead atoms. The first kappa shape index (κ1) is 17.5. The zero-order valence-corrected chi connectivity index (χ0v) is 14.4. The number of aromatic nitrogens is 2. The molecule has 0 atom stereocenters. The predicted molar refractivity (Wildman–Crippen MR) is 95.2 cm³/mol. The minimum absolute atomic E-state index is 0.282. The third-order valence-corrected chi connectivity index (χ3v) is 3.80. The van der Waals surface area contributed by atoms with Crippen LogP contribution in [-0.2, 0) is 6.54 Å². The van der Waals surface area contributed by atoms with E-state index >= 15 is 0 Å². The molecule has 1 heterocycles. The molecule has 7 heteroatoms. The first-order valence-corrected chi connectivity index (χ1v) is 7.89. The number of anilines is 1. The summed E-state index contributed by atoms with van der Waals surface area (Å²) in [6.45, 7) is 0.474. The largest absolute Gasteiger partial charge is 0.497 e. The van der Waals surface area contributed by atoms with Crippen LogP contribution in [0.25, 0.3) is 0 Å². The third-order valence-electron chi connectivity index (χ3n) is 3.80. The van der Waals surface area contributed by atoms with Gasteiger partial charge in [-0.2, -0.15) is 5.10 Å². The van der Waals surface area contributed by atoms with Crippen molar-refractivity contribution in [3.05, 3.63) is 71.8 Å². The van der Waals surface area contributed by atoms with Gasteiger partial charge >= 0.3 is 0 Å². The summed E-state index contributed by atoms with van der Waals surface area (Å²) in [7, 11) is 3.04. The summed E-state index contributed by atoms with van der Waals surface area (Å²) in [4.78, 5) is 12.5. The zero-order chi connectivity index (χ0) is 18.5. The Labute approximate surface area is 150 Å². The van der Waals surface area contributed by atoms with E-state index in [-0.39, 0.29) is 11.7 Å². The van der Waals surface area contributed by atoms with Crippen LogP contribution in [0, 0.1) is 5.82 Å². The fraction of sp³-hybridized carbons (Fsp3) is 0.158. The van der Waals surface area contributed by atoms with Crippen LogP contribution in [0.15, 0.2) is 54.9 Å². The molecule has 2 aromatic carbocycles. The number of hydrogen-bond donors (Lipinski definition) is 1. The van der Waals surface area contributed by atoms with Gasteiger partial charge in [-0.3, -0.25) is 9.48 Å². The van der Waals surface area contributed by atoms with E-state index in [2.05, 4.69) is 10.4 Å². The van der Waals surface area contributed by atoms with Crippen LogP contribution >= 0.6 is 0 Å². The topological polar surface area (TPSA) is 65.4 Å². The second-order valence-corrected chi connectivity index (χ2v) is 5.57. The summed E-state index contributed by atoms with van der Waals surface area (Å²) in [5.41, 5.74) is 1.85. The number of carbonyl (C=O) groups is 1. The molecular formula is C19H18FN3O3. The first-order chi connectivity index (χ1) is 12.6. The van der Waals surface area contributed by atoms with E-state index in [0.717, 1.165) is 5.56 Å². The number of methoxy groups -OCH3 is 2. The lowest BCUT2D eigenvalue weighted by atomic mass is 10.1. The highest BCUT2D eigenvalue weighted by atomic mass is 19.1. The molecule has 0 radical (unpaired) electrons. The molecule has 0 unspecified atom stereocenters. The van der Waals surface area contributed by atoms with Gasteiger partial charge in [0.1, 0.15) is 17.3 Å². The molecule has 0 aliphatic heterocycles. The molecule has 0 fully saturated rings. The summed E-state index contributed by atoms with van der Waals surface area (Å²) < 4.78 is 25.0. The first-order valence-electron chi connectivity index (χ1n) is 7.89. The van der Waals surface area contributed by atoms with Crippen molar-refractivity contribution < 1.29 is 18.7 Å². The molecule has 0 spiro atoms. The van der Waals surface area contributed by atoms with E-state index in [9.17, 15) is 9.18 Å². The highest BCUT2D eigenvalue weighted by molar-refractivity contribution is 6.06. The predicted octanol–water partition coefficient (Wildman–Crippen LogP) is 3.34. The number of halogens is 1. The highest BCUT2D eigenvalue weighted by Crippen LogP contribution is 2.25. The van der Waals surface area contributed by atoms with Crippen molar-refractivity contribution in [1.29, 1.82) is 0 Å². The standard InChI is InChI=1S/C19H18FN3O3/c1-25-16-7-8-17(18(9-16)26-2)19(24)22-15-10-21-23(12-15)11-13-3-5-14(20)6-4-13/h3-10,12H,11H2,1-2H3,(H,22,24). The van der Waals surface area contributed by atoms with Crippen LogP contribution in [0.1, 0.15) is 15.9 Å². The average molecular weight is 355 g/mol. The fourth-order valence-electron chi connectivity index (χ4n) is 2.48. The molecule has 26 heavy (non-hydrogen) atoms. The van der Waals surface area contributed by atoms with Crippen LogP contribution in [0.3, 0.4) is 0 Å². The number of benzene rings is 2. The fourth-order valence-corrected chi connectivity index (χ4v) is 2.48. The van der Waals surface area contributed by atoms with Crippen LogP contribution in [0.2, 0.25) is 0 Å². The van der Waals surface area contributed by atoms with E-state index in [1.54, 1.807) is 54.5 Å². The lowest BCUT2D eigenvalue weighted by molar-refractivity contribution is 0.102. The van der Waals surface area contributed by atoms with E-state index in [0.29, 0.717) is 29.3 Å². The van der Waals surface area contributed by atoms with E-state index in [1.807, 2.05) is 0 Å². The summed E-state index contributed by atoms with van der Waals surface area (Å²) in [5, 5.41) is 6.99. The molecular weight excluding hydrogens is 337 g/mol. The molecule has 6 nitrogen and oxygen atoms in total. The Kier molecular flexibility index (Phi) is 5.17. The van der Waals surface area contributed by atoms with Crippen LogP contribution in [-0.4, -0.2) is 29.9 Å². The van der Waals surface area contributed by atoms with Gasteiger partial charge in [0.15, 0.2) is 0 Å². The Morgan fingerprint density at radius 3 is 2.62 bits per heavy atom. The minimum Gasteiger partial charge on any atom is -0.497 e. The summed E-state index contributed by atoms with van der Waals surface area (Å²) >= 11 is 0. The molecule has 1 N–H and O–H groups in total. The molecule has 1 amide bonds. The number of nitrogens with one attached hydrogen (secondary N) is 1. The number of carbonyl (C=O) groups excluding carboxylic acids is 1. The van der Waals surface area contributed by atoms with Gasteiger partial charge < -0.3 is 14.8 Å². The molecule has 3 aromatic rings. The van der Waals surface area contributed by atoms with Gasteiger partial charge in [0, 0.05) is 12.3 Å². The molecule has 0 saturated carbocycles. The van der Waals surface area contributed by atoms with Gasteiger partial charge in [-0.25, -0.2) is 4.39 Å². The van der Waals surface area contributed by atoms with Gasteiger partial charge in [-0.1, -0.05) is 12.1 Å². The van der Waals surface area contributed by atoms with Gasteiger partial charge in [-0.05, 0) is 29.8 Å². The second-order valence-electron chi connectivity index (χ2n) is 5.57. The van der Waals surface area contributed by atoms with Crippen molar-refractivity contribution >= 4 is 11.6 Å². The Bertz CT molecular complexity index is 907.